The Morgan fingerprint density at radius 2 is 1.65 bits per heavy atom. The van der Waals surface area contributed by atoms with Crippen molar-refractivity contribution in [2.45, 2.75) is 38.7 Å². The molecule has 0 unspecified atom stereocenters. The summed E-state index contributed by atoms with van der Waals surface area (Å²) < 4.78 is 1.43. The van der Waals surface area contributed by atoms with Crippen molar-refractivity contribution in [3.05, 3.63) is 105 Å². The molecular formula is C37H38N6O5. The van der Waals surface area contributed by atoms with Crippen LogP contribution in [0.2, 0.25) is 0 Å². The lowest BCUT2D eigenvalue weighted by atomic mass is 9.93. The number of carbonyl (C=O) groups excluding carboxylic acids is 3. The first-order valence-corrected chi connectivity index (χ1v) is 16.4. The highest BCUT2D eigenvalue weighted by Gasteiger charge is 2.31. The fraction of sp³-hybridized carbons (Fsp3) is 0.324. The van der Waals surface area contributed by atoms with Gasteiger partial charge in [0, 0.05) is 80.8 Å². The highest BCUT2D eigenvalue weighted by Crippen LogP contribution is 2.41. The first-order chi connectivity index (χ1) is 23.2. The van der Waals surface area contributed by atoms with Crippen LogP contribution in [0.1, 0.15) is 63.1 Å². The van der Waals surface area contributed by atoms with Gasteiger partial charge < -0.3 is 29.7 Å². The van der Waals surface area contributed by atoms with Gasteiger partial charge in [0.05, 0.1) is 18.0 Å². The number of aliphatic hydroxyl groups is 1. The van der Waals surface area contributed by atoms with Gasteiger partial charge >= 0.3 is 0 Å². The molecule has 2 fully saturated rings. The molecule has 2 N–H and O–H groups in total. The fourth-order valence-corrected chi connectivity index (χ4v) is 6.70. The van der Waals surface area contributed by atoms with Crippen LogP contribution in [0.5, 0.6) is 0 Å². The lowest BCUT2D eigenvalue weighted by Gasteiger charge is -2.34. The SMILES string of the molecule is CC(=O)N1CCN(C(=O)c2ccc(Nc3nc(-c4cccc(N5CCc6cc(C7CC7)ccc6C5=O)c4CO)cn(C)c3=O)cc2)CC1. The molecule has 1 saturated carbocycles. The molecule has 2 aliphatic heterocycles. The second-order valence-corrected chi connectivity index (χ2v) is 12.8. The molecular weight excluding hydrogens is 608 g/mol. The number of piperazine rings is 1. The minimum Gasteiger partial charge on any atom is -0.392 e. The molecule has 48 heavy (non-hydrogen) atoms. The number of amides is 3. The molecule has 246 valence electrons. The average Bonchev–Trinajstić information content (AvgIpc) is 3.96. The van der Waals surface area contributed by atoms with Crippen LogP contribution in [-0.4, -0.2) is 74.9 Å². The molecule has 3 amide bonds. The smallest absolute Gasteiger partial charge is 0.293 e. The number of nitrogens with one attached hydrogen (secondary N) is 1. The Bertz CT molecular complexity index is 1980. The number of hydrogen-bond donors (Lipinski definition) is 2. The minimum atomic E-state index is -0.350. The highest BCUT2D eigenvalue weighted by atomic mass is 16.3. The van der Waals surface area contributed by atoms with E-state index in [1.54, 1.807) is 52.2 Å². The molecule has 11 heteroatoms. The topological polar surface area (TPSA) is 128 Å². The summed E-state index contributed by atoms with van der Waals surface area (Å²) in [7, 11) is 1.63. The molecule has 0 bridgehead atoms. The standard InChI is InChI=1S/C37H38N6O5/c1-23(45)41-16-18-42(19-17-41)35(46)25-8-11-28(12-9-25)38-34-37(48)40(2)21-32(39-34)30-4-3-5-33(31(30)22-44)43-15-14-27-20-26(24-6-7-24)10-13-29(27)36(43)47/h3-5,8-13,20-21,24,44H,6-7,14-19,22H2,1-2H3,(H,38,39). The molecule has 3 aliphatic rings. The fourth-order valence-electron chi connectivity index (χ4n) is 6.70. The second-order valence-electron chi connectivity index (χ2n) is 12.8. The Kier molecular flexibility index (Phi) is 8.30. The number of aromatic nitrogens is 2. The van der Waals surface area contributed by atoms with E-state index in [0.717, 1.165) is 12.0 Å². The van der Waals surface area contributed by atoms with Gasteiger partial charge in [-0.3, -0.25) is 19.2 Å². The maximum Gasteiger partial charge on any atom is 0.293 e. The molecule has 0 spiro atoms. The molecule has 11 nitrogen and oxygen atoms in total. The van der Waals surface area contributed by atoms with Crippen molar-refractivity contribution < 1.29 is 19.5 Å². The zero-order valence-electron chi connectivity index (χ0n) is 27.1. The molecule has 4 aromatic rings. The first kappa shape index (κ1) is 31.3. The van der Waals surface area contributed by atoms with Crippen LogP contribution in [0, 0.1) is 0 Å². The van der Waals surface area contributed by atoms with Crippen LogP contribution in [0.15, 0.2) is 71.7 Å². The number of fused-ring (bicyclic) bond motifs is 1. The summed E-state index contributed by atoms with van der Waals surface area (Å²) in [5, 5.41) is 13.7. The Morgan fingerprint density at radius 3 is 2.33 bits per heavy atom. The number of rotatable bonds is 7. The van der Waals surface area contributed by atoms with Crippen LogP contribution in [-0.2, 0) is 24.9 Å². The molecule has 0 radical (unpaired) electrons. The molecule has 7 rings (SSSR count). The molecule has 1 aliphatic carbocycles. The van der Waals surface area contributed by atoms with Gasteiger partial charge in [0.15, 0.2) is 5.82 Å². The molecule has 0 atom stereocenters. The number of aryl methyl sites for hydroxylation is 1. The quantitative estimate of drug-likeness (QED) is 0.310. The zero-order chi connectivity index (χ0) is 33.5. The maximum absolute atomic E-state index is 13.7. The molecule has 3 aromatic carbocycles. The van der Waals surface area contributed by atoms with E-state index in [2.05, 4.69) is 22.4 Å². The zero-order valence-corrected chi connectivity index (χ0v) is 27.1. The first-order valence-electron chi connectivity index (χ1n) is 16.4. The van der Waals surface area contributed by atoms with Crippen LogP contribution in [0.4, 0.5) is 17.2 Å². The van der Waals surface area contributed by atoms with Gasteiger partial charge in [0.25, 0.3) is 17.4 Å². The Morgan fingerprint density at radius 1 is 0.917 bits per heavy atom. The third-order valence-electron chi connectivity index (χ3n) is 9.61. The summed E-state index contributed by atoms with van der Waals surface area (Å²) in [5.74, 6) is 0.493. The summed E-state index contributed by atoms with van der Waals surface area (Å²) in [5.41, 5.74) is 6.04. The lowest BCUT2D eigenvalue weighted by Crippen LogP contribution is -2.50. The van der Waals surface area contributed by atoms with E-state index >= 15 is 0 Å². The molecule has 1 saturated heterocycles. The van der Waals surface area contributed by atoms with Gasteiger partial charge in [0.1, 0.15) is 0 Å². The van der Waals surface area contributed by atoms with Crippen LogP contribution in [0.3, 0.4) is 0 Å². The van der Waals surface area contributed by atoms with Gasteiger partial charge in [-0.05, 0) is 72.7 Å². The predicted molar refractivity (Wildman–Crippen MR) is 183 cm³/mol. The van der Waals surface area contributed by atoms with E-state index in [1.165, 1.54) is 29.9 Å². The maximum atomic E-state index is 13.7. The van der Waals surface area contributed by atoms with Gasteiger partial charge in [-0.25, -0.2) is 4.98 Å². The van der Waals surface area contributed by atoms with Crippen molar-refractivity contribution in [1.82, 2.24) is 19.4 Å². The van der Waals surface area contributed by atoms with Crippen molar-refractivity contribution in [1.29, 1.82) is 0 Å². The van der Waals surface area contributed by atoms with Crippen molar-refractivity contribution in [2.24, 2.45) is 7.05 Å². The number of carbonyl (C=O) groups is 3. The minimum absolute atomic E-state index is 0.00627. The molecule has 3 heterocycles. The van der Waals surface area contributed by atoms with Crippen LogP contribution < -0.4 is 15.8 Å². The van der Waals surface area contributed by atoms with Crippen LogP contribution in [0.25, 0.3) is 11.3 Å². The van der Waals surface area contributed by atoms with E-state index < -0.39 is 0 Å². The Labute approximate surface area is 278 Å². The lowest BCUT2D eigenvalue weighted by molar-refractivity contribution is -0.130. The number of hydrogen-bond acceptors (Lipinski definition) is 7. The molecule has 1 aromatic heterocycles. The highest BCUT2D eigenvalue weighted by molar-refractivity contribution is 6.09. The number of nitrogens with zero attached hydrogens (tertiary/aromatic N) is 5. The summed E-state index contributed by atoms with van der Waals surface area (Å²) in [6.07, 6.45) is 4.76. The van der Waals surface area contributed by atoms with Crippen molar-refractivity contribution in [3.8, 4) is 11.3 Å². The van der Waals surface area contributed by atoms with Gasteiger partial charge in [-0.15, -0.1) is 0 Å². The van der Waals surface area contributed by atoms with E-state index in [4.69, 9.17) is 0 Å². The van der Waals surface area contributed by atoms with Crippen molar-refractivity contribution in [3.63, 3.8) is 0 Å². The second kappa shape index (κ2) is 12.7. The predicted octanol–water partition coefficient (Wildman–Crippen LogP) is 4.07. The third kappa shape index (κ3) is 5.97. The summed E-state index contributed by atoms with van der Waals surface area (Å²) in [6, 6.07) is 18.5. The third-order valence-corrected chi connectivity index (χ3v) is 9.61. The normalized spacial score (nSPS) is 16.1. The summed E-state index contributed by atoms with van der Waals surface area (Å²) in [6.45, 7) is 3.67. The van der Waals surface area contributed by atoms with Crippen molar-refractivity contribution >= 4 is 34.9 Å². The number of aliphatic hydroxyl groups excluding tert-OH is 1. The van der Waals surface area contributed by atoms with Gasteiger partial charge in [-0.1, -0.05) is 24.3 Å². The monoisotopic (exact) mass is 646 g/mol. The van der Waals surface area contributed by atoms with E-state index in [9.17, 15) is 24.3 Å². The Balaban J connectivity index is 1.12. The van der Waals surface area contributed by atoms with E-state index in [0.29, 0.717) is 78.0 Å². The van der Waals surface area contributed by atoms with Gasteiger partial charge in [0.2, 0.25) is 5.91 Å². The van der Waals surface area contributed by atoms with Crippen LogP contribution >= 0.6 is 0 Å². The average molecular weight is 647 g/mol. The van der Waals surface area contributed by atoms with Crippen molar-refractivity contribution in [2.75, 3.05) is 42.9 Å². The Hall–Kier alpha value is -5.29. The summed E-state index contributed by atoms with van der Waals surface area (Å²) >= 11 is 0. The number of anilines is 3. The largest absolute Gasteiger partial charge is 0.392 e. The summed E-state index contributed by atoms with van der Waals surface area (Å²) in [4.78, 5) is 61.4. The van der Waals surface area contributed by atoms with Gasteiger partial charge in [-0.2, -0.15) is 0 Å². The number of benzene rings is 3. The van der Waals surface area contributed by atoms with E-state index in [-0.39, 0.29) is 35.7 Å². The van der Waals surface area contributed by atoms with E-state index in [1.807, 2.05) is 24.3 Å².